The molecule has 2 aromatic rings. The first-order chi connectivity index (χ1) is 11.4. The van der Waals surface area contributed by atoms with Crippen LogP contribution in [0, 0.1) is 25.2 Å². The van der Waals surface area contributed by atoms with E-state index in [4.69, 9.17) is 5.26 Å². The Kier molecular flexibility index (Phi) is 4.54. The highest BCUT2D eigenvalue weighted by Gasteiger charge is 2.31. The Bertz CT molecular complexity index is 893. The number of nitrogens with zero attached hydrogens (tertiary/aromatic N) is 5. The summed E-state index contributed by atoms with van der Waals surface area (Å²) in [7, 11) is -3.48. The quantitative estimate of drug-likeness (QED) is 0.822. The van der Waals surface area contributed by atoms with Gasteiger partial charge in [-0.15, -0.1) is 11.3 Å². The van der Waals surface area contributed by atoms with Crippen molar-refractivity contribution in [2.75, 3.05) is 31.1 Å². The average Bonchev–Trinajstić information content (AvgIpc) is 2.94. The highest BCUT2D eigenvalue weighted by Crippen LogP contribution is 2.28. The monoisotopic (exact) mass is 363 g/mol. The summed E-state index contributed by atoms with van der Waals surface area (Å²) in [6, 6.07) is 3.76. The second kappa shape index (κ2) is 6.47. The van der Waals surface area contributed by atoms with E-state index in [-0.39, 0.29) is 5.69 Å². The molecule has 1 aliphatic heterocycles. The molecule has 0 saturated carbocycles. The number of rotatable bonds is 3. The van der Waals surface area contributed by atoms with Gasteiger partial charge in [-0.1, -0.05) is 0 Å². The number of piperazine rings is 1. The highest BCUT2D eigenvalue weighted by atomic mass is 32.2. The zero-order valence-corrected chi connectivity index (χ0v) is 15.1. The van der Waals surface area contributed by atoms with Crippen LogP contribution in [0.5, 0.6) is 0 Å². The molecule has 0 unspecified atom stereocenters. The van der Waals surface area contributed by atoms with Crippen LogP contribution in [0.1, 0.15) is 15.4 Å². The van der Waals surface area contributed by atoms with Crippen molar-refractivity contribution >= 4 is 27.2 Å². The standard InChI is InChI=1S/C15H17N5O2S2/c1-11-9-14(12(2)23-11)24(21,22)20-7-5-19(6-8-20)15-13(10-16)17-3-4-18-15/h3-4,9H,5-8H2,1-2H3. The third-order valence-electron chi connectivity index (χ3n) is 3.94. The van der Waals surface area contributed by atoms with Crippen LogP contribution in [0.4, 0.5) is 5.82 Å². The number of nitriles is 1. The molecule has 0 N–H and O–H groups in total. The SMILES string of the molecule is Cc1cc(S(=O)(=O)N2CCN(c3nccnc3C#N)CC2)c(C)s1. The van der Waals surface area contributed by atoms with Crippen LogP contribution in [-0.2, 0) is 10.0 Å². The van der Waals surface area contributed by atoms with Crippen LogP contribution in [0.3, 0.4) is 0 Å². The molecule has 0 bridgehead atoms. The van der Waals surface area contributed by atoms with Crippen molar-refractivity contribution < 1.29 is 8.42 Å². The number of aryl methyl sites for hydroxylation is 2. The minimum Gasteiger partial charge on any atom is -0.352 e. The van der Waals surface area contributed by atoms with Gasteiger partial charge in [-0.25, -0.2) is 18.4 Å². The number of sulfonamides is 1. The van der Waals surface area contributed by atoms with Crippen molar-refractivity contribution in [2.45, 2.75) is 18.7 Å². The van der Waals surface area contributed by atoms with Gasteiger partial charge in [0.25, 0.3) is 0 Å². The van der Waals surface area contributed by atoms with Crippen molar-refractivity contribution in [2.24, 2.45) is 0 Å². The predicted molar refractivity (Wildman–Crippen MR) is 91.5 cm³/mol. The lowest BCUT2D eigenvalue weighted by Gasteiger charge is -2.34. The van der Waals surface area contributed by atoms with Gasteiger partial charge in [-0.2, -0.15) is 9.57 Å². The fourth-order valence-electron chi connectivity index (χ4n) is 2.78. The fraction of sp³-hybridized carbons (Fsp3) is 0.400. The molecular formula is C15H17N5O2S2. The molecule has 0 amide bonds. The second-order valence-corrected chi connectivity index (χ2v) is 8.88. The number of hydrogen-bond acceptors (Lipinski definition) is 7. The van der Waals surface area contributed by atoms with Crippen LogP contribution in [0.25, 0.3) is 0 Å². The van der Waals surface area contributed by atoms with Crippen LogP contribution in [0.15, 0.2) is 23.4 Å². The molecule has 0 radical (unpaired) electrons. The molecule has 1 saturated heterocycles. The van der Waals surface area contributed by atoms with Crippen molar-refractivity contribution in [1.29, 1.82) is 5.26 Å². The summed E-state index contributed by atoms with van der Waals surface area (Å²) >= 11 is 1.49. The largest absolute Gasteiger partial charge is 0.352 e. The molecule has 1 fully saturated rings. The van der Waals surface area contributed by atoms with Gasteiger partial charge >= 0.3 is 0 Å². The lowest BCUT2D eigenvalue weighted by molar-refractivity contribution is 0.383. The normalized spacial score (nSPS) is 16.1. The Balaban J connectivity index is 1.78. The van der Waals surface area contributed by atoms with E-state index in [2.05, 4.69) is 9.97 Å². The van der Waals surface area contributed by atoms with Crippen molar-refractivity contribution in [3.63, 3.8) is 0 Å². The van der Waals surface area contributed by atoms with Gasteiger partial charge in [0.1, 0.15) is 6.07 Å². The first kappa shape index (κ1) is 16.8. The van der Waals surface area contributed by atoms with E-state index in [1.165, 1.54) is 28.0 Å². The number of thiophene rings is 1. The molecule has 0 spiro atoms. The first-order valence-corrected chi connectivity index (χ1v) is 9.72. The minimum atomic E-state index is -3.48. The summed E-state index contributed by atoms with van der Waals surface area (Å²) in [5.41, 5.74) is 0.262. The fourth-order valence-corrected chi connectivity index (χ4v) is 5.73. The molecule has 9 heteroatoms. The smallest absolute Gasteiger partial charge is 0.244 e. The van der Waals surface area contributed by atoms with Crippen molar-refractivity contribution in [1.82, 2.24) is 14.3 Å². The maximum absolute atomic E-state index is 12.8. The van der Waals surface area contributed by atoms with Gasteiger partial charge in [-0.05, 0) is 19.9 Å². The van der Waals surface area contributed by atoms with E-state index in [1.54, 1.807) is 6.07 Å². The van der Waals surface area contributed by atoms with E-state index in [1.807, 2.05) is 24.8 Å². The molecule has 0 aromatic carbocycles. The molecule has 0 atom stereocenters. The van der Waals surface area contributed by atoms with Gasteiger partial charge < -0.3 is 4.90 Å². The Morgan fingerprint density at radius 2 is 1.83 bits per heavy atom. The van der Waals surface area contributed by atoms with Crippen LogP contribution in [-0.4, -0.2) is 48.9 Å². The lowest BCUT2D eigenvalue weighted by atomic mass is 10.3. The second-order valence-electron chi connectivity index (χ2n) is 5.51. The van der Waals surface area contributed by atoms with Gasteiger partial charge in [0.05, 0.1) is 4.90 Å². The summed E-state index contributed by atoms with van der Waals surface area (Å²) in [5, 5.41) is 9.13. The predicted octanol–water partition coefficient (Wildman–Crippen LogP) is 1.54. The molecule has 2 aromatic heterocycles. The molecule has 24 heavy (non-hydrogen) atoms. The third-order valence-corrected chi connectivity index (χ3v) is 7.06. The Labute approximate surface area is 145 Å². The molecule has 1 aliphatic rings. The van der Waals surface area contributed by atoms with E-state index in [9.17, 15) is 8.42 Å². The van der Waals surface area contributed by atoms with E-state index >= 15 is 0 Å². The van der Waals surface area contributed by atoms with Crippen LogP contribution < -0.4 is 4.90 Å². The maximum Gasteiger partial charge on any atom is 0.244 e. The molecule has 3 heterocycles. The van der Waals surface area contributed by atoms with E-state index < -0.39 is 10.0 Å². The van der Waals surface area contributed by atoms with Crippen LogP contribution in [0.2, 0.25) is 0 Å². The Hall–Kier alpha value is -2.02. The number of aromatic nitrogens is 2. The van der Waals surface area contributed by atoms with Crippen molar-refractivity contribution in [3.8, 4) is 6.07 Å². The van der Waals surface area contributed by atoms with Crippen molar-refractivity contribution in [3.05, 3.63) is 33.9 Å². The lowest BCUT2D eigenvalue weighted by Crippen LogP contribution is -2.49. The number of anilines is 1. The number of hydrogen-bond donors (Lipinski definition) is 0. The van der Waals surface area contributed by atoms with Gasteiger partial charge in [0.2, 0.25) is 10.0 Å². The maximum atomic E-state index is 12.8. The highest BCUT2D eigenvalue weighted by molar-refractivity contribution is 7.89. The minimum absolute atomic E-state index is 0.262. The van der Waals surface area contributed by atoms with Gasteiger partial charge in [0, 0.05) is 48.3 Å². The van der Waals surface area contributed by atoms with E-state index in [0.29, 0.717) is 36.9 Å². The summed E-state index contributed by atoms with van der Waals surface area (Å²) in [5.74, 6) is 0.514. The molecule has 0 aliphatic carbocycles. The van der Waals surface area contributed by atoms with Gasteiger partial charge in [0.15, 0.2) is 11.5 Å². The molecule has 7 nitrogen and oxygen atoms in total. The zero-order valence-electron chi connectivity index (χ0n) is 13.4. The summed E-state index contributed by atoms with van der Waals surface area (Å²) in [4.78, 5) is 12.3. The van der Waals surface area contributed by atoms with E-state index in [0.717, 1.165) is 9.75 Å². The molecule has 3 rings (SSSR count). The summed E-state index contributed by atoms with van der Waals surface area (Å²) < 4.78 is 27.1. The Morgan fingerprint density at radius 3 is 2.42 bits per heavy atom. The topological polar surface area (TPSA) is 90.2 Å². The Morgan fingerprint density at radius 1 is 1.17 bits per heavy atom. The zero-order chi connectivity index (χ0) is 17.3. The van der Waals surface area contributed by atoms with Crippen LogP contribution >= 0.6 is 11.3 Å². The molecular weight excluding hydrogens is 346 g/mol. The third kappa shape index (κ3) is 3.00. The first-order valence-electron chi connectivity index (χ1n) is 7.46. The average molecular weight is 363 g/mol. The van der Waals surface area contributed by atoms with Gasteiger partial charge in [-0.3, -0.25) is 0 Å². The summed E-state index contributed by atoms with van der Waals surface area (Å²) in [6.45, 7) is 5.42. The summed E-state index contributed by atoms with van der Waals surface area (Å²) in [6.07, 6.45) is 3.02. The molecule has 126 valence electrons.